The van der Waals surface area contributed by atoms with Gasteiger partial charge in [-0.2, -0.15) is 0 Å². The number of aromatic nitrogens is 2. The molecule has 1 aromatic carbocycles. The number of hydrogen-bond donors (Lipinski definition) is 0. The molecule has 7 heteroatoms. The summed E-state index contributed by atoms with van der Waals surface area (Å²) in [5, 5.41) is 8.77. The van der Waals surface area contributed by atoms with Gasteiger partial charge < -0.3 is 4.42 Å². The predicted molar refractivity (Wildman–Crippen MR) is 130 cm³/mol. The molecule has 0 spiro atoms. The van der Waals surface area contributed by atoms with Crippen molar-refractivity contribution >= 4 is 33.3 Å². The van der Waals surface area contributed by atoms with Gasteiger partial charge in [-0.15, -0.1) is 10.2 Å². The first-order valence-electron chi connectivity index (χ1n) is 11.7. The summed E-state index contributed by atoms with van der Waals surface area (Å²) in [6.07, 6.45) is 4.26. The molecule has 6 nitrogen and oxygen atoms in total. The van der Waals surface area contributed by atoms with Crippen LogP contribution in [0.3, 0.4) is 0 Å². The summed E-state index contributed by atoms with van der Waals surface area (Å²) in [7, 11) is 0. The number of carbonyl (C=O) groups is 3. The number of ketones is 3. The van der Waals surface area contributed by atoms with E-state index in [1.165, 1.54) is 0 Å². The third-order valence-electron chi connectivity index (χ3n) is 7.85. The Labute approximate surface area is 207 Å². The van der Waals surface area contributed by atoms with E-state index >= 15 is 0 Å². The van der Waals surface area contributed by atoms with E-state index in [1.807, 2.05) is 38.1 Å². The van der Waals surface area contributed by atoms with Gasteiger partial charge >= 0.3 is 0 Å². The molecular weight excluding hydrogens is 496 g/mol. The molecule has 1 fully saturated rings. The molecule has 5 rings (SSSR count). The molecule has 176 valence electrons. The molecule has 3 aliphatic rings. The fourth-order valence-corrected chi connectivity index (χ4v) is 6.38. The summed E-state index contributed by atoms with van der Waals surface area (Å²) in [5.74, 6) is -0.905. The van der Waals surface area contributed by atoms with Crippen molar-refractivity contribution in [3.8, 4) is 11.5 Å². The molecule has 3 aliphatic carbocycles. The van der Waals surface area contributed by atoms with Gasteiger partial charge in [-0.05, 0) is 60.4 Å². The number of hydrogen-bond acceptors (Lipinski definition) is 6. The van der Waals surface area contributed by atoms with Gasteiger partial charge in [0.05, 0.1) is 5.41 Å². The Morgan fingerprint density at radius 2 is 1.74 bits per heavy atom. The van der Waals surface area contributed by atoms with Crippen LogP contribution >= 0.6 is 15.9 Å². The van der Waals surface area contributed by atoms with Gasteiger partial charge in [-0.1, -0.05) is 50.0 Å². The molecule has 2 atom stereocenters. The Morgan fingerprint density at radius 1 is 1.03 bits per heavy atom. The Balaban J connectivity index is 1.76. The summed E-state index contributed by atoms with van der Waals surface area (Å²) in [6, 6.07) is 7.55. The van der Waals surface area contributed by atoms with E-state index in [1.54, 1.807) is 6.08 Å². The van der Waals surface area contributed by atoms with Crippen LogP contribution in [0.2, 0.25) is 0 Å². The molecule has 1 aromatic heterocycles. The lowest BCUT2D eigenvalue weighted by Gasteiger charge is -2.53. The molecule has 0 radical (unpaired) electrons. The van der Waals surface area contributed by atoms with Crippen LogP contribution in [0, 0.1) is 17.3 Å². The average molecular weight is 523 g/mol. The van der Waals surface area contributed by atoms with Crippen LogP contribution in [-0.4, -0.2) is 27.5 Å². The molecule has 0 saturated heterocycles. The Morgan fingerprint density at radius 3 is 2.41 bits per heavy atom. The minimum absolute atomic E-state index is 0.0859. The zero-order valence-electron chi connectivity index (χ0n) is 19.8. The zero-order valence-corrected chi connectivity index (χ0v) is 21.4. The fraction of sp³-hybridized carbons (Fsp3) is 0.444. The maximum absolute atomic E-state index is 13.7. The lowest BCUT2D eigenvalue weighted by molar-refractivity contribution is -0.134. The third kappa shape index (κ3) is 3.31. The van der Waals surface area contributed by atoms with E-state index < -0.39 is 17.0 Å². The molecule has 0 N–H and O–H groups in total. The smallest absolute Gasteiger partial charge is 0.247 e. The SMILES string of the molecule is CC(C)C1=CC2=C(C(=O)C1=O)[C@@]1(c3nnc(-c4ccc(Br)cc4)o3)CCCC(C)(C)[C@@H]1CC2=O. The molecule has 2 aromatic rings. The second kappa shape index (κ2) is 7.94. The van der Waals surface area contributed by atoms with Crippen LogP contribution in [0.4, 0.5) is 0 Å². The van der Waals surface area contributed by atoms with Crippen molar-refractivity contribution in [1.29, 1.82) is 0 Å². The van der Waals surface area contributed by atoms with Gasteiger partial charge in [0.2, 0.25) is 23.3 Å². The minimum atomic E-state index is -0.961. The first-order chi connectivity index (χ1) is 16.1. The second-order valence-electron chi connectivity index (χ2n) is 10.6. The van der Waals surface area contributed by atoms with Crippen molar-refractivity contribution in [1.82, 2.24) is 10.2 Å². The third-order valence-corrected chi connectivity index (χ3v) is 8.38. The number of Topliss-reactive ketones (excluding diaryl/α,β-unsaturated/α-hetero) is 3. The number of halogens is 1. The normalized spacial score (nSPS) is 26.5. The lowest BCUT2D eigenvalue weighted by Crippen LogP contribution is -2.55. The maximum Gasteiger partial charge on any atom is 0.247 e. The molecule has 0 amide bonds. The monoisotopic (exact) mass is 522 g/mol. The Bertz CT molecular complexity index is 1280. The van der Waals surface area contributed by atoms with E-state index in [4.69, 9.17) is 4.42 Å². The summed E-state index contributed by atoms with van der Waals surface area (Å²) >= 11 is 3.43. The van der Waals surface area contributed by atoms with Crippen LogP contribution in [0.1, 0.15) is 59.3 Å². The summed E-state index contributed by atoms with van der Waals surface area (Å²) in [5.41, 5.74) is 0.565. The van der Waals surface area contributed by atoms with Crippen molar-refractivity contribution in [2.75, 3.05) is 0 Å². The highest BCUT2D eigenvalue weighted by Gasteiger charge is 2.62. The van der Waals surface area contributed by atoms with Gasteiger partial charge in [0.1, 0.15) is 0 Å². The highest BCUT2D eigenvalue weighted by Crippen LogP contribution is 2.60. The number of allylic oxidation sites excluding steroid dienone is 4. The number of fused-ring (bicyclic) bond motifs is 2. The van der Waals surface area contributed by atoms with Crippen LogP contribution in [0.25, 0.3) is 11.5 Å². The summed E-state index contributed by atoms with van der Waals surface area (Å²) in [4.78, 5) is 40.2. The molecule has 1 saturated carbocycles. The van der Waals surface area contributed by atoms with Crippen molar-refractivity contribution in [2.45, 2.75) is 58.8 Å². The fourth-order valence-electron chi connectivity index (χ4n) is 6.11. The van der Waals surface area contributed by atoms with Crippen molar-refractivity contribution in [2.24, 2.45) is 17.3 Å². The van der Waals surface area contributed by atoms with Crippen LogP contribution in [0.5, 0.6) is 0 Å². The number of rotatable bonds is 3. The minimum Gasteiger partial charge on any atom is -0.420 e. The van der Waals surface area contributed by atoms with Crippen molar-refractivity contribution < 1.29 is 18.8 Å². The van der Waals surface area contributed by atoms with Gasteiger partial charge in [0, 0.05) is 33.2 Å². The number of carbonyl (C=O) groups excluding carboxylic acids is 3. The van der Waals surface area contributed by atoms with E-state index in [2.05, 4.69) is 40.0 Å². The summed E-state index contributed by atoms with van der Waals surface area (Å²) < 4.78 is 7.21. The van der Waals surface area contributed by atoms with Gasteiger partial charge in [0.15, 0.2) is 5.78 Å². The lowest BCUT2D eigenvalue weighted by atomic mass is 9.48. The standard InChI is InChI=1S/C27H27BrN2O4/c1-14(2)17-12-18-19(31)13-20-26(3,4)10-5-11-27(20,21(18)23(33)22(17)32)25-30-29-24(34-25)15-6-8-16(28)9-7-15/h6-9,12,14,20H,5,10-11,13H2,1-4H3/t20-,27+/m0/s1. The zero-order chi connectivity index (χ0) is 24.4. The highest BCUT2D eigenvalue weighted by molar-refractivity contribution is 9.10. The van der Waals surface area contributed by atoms with Crippen molar-refractivity contribution in [3.63, 3.8) is 0 Å². The highest BCUT2D eigenvalue weighted by atomic mass is 79.9. The summed E-state index contributed by atoms with van der Waals surface area (Å²) in [6.45, 7) is 7.98. The van der Waals surface area contributed by atoms with E-state index in [0.717, 1.165) is 22.9 Å². The molecule has 34 heavy (non-hydrogen) atoms. The largest absolute Gasteiger partial charge is 0.420 e. The molecule has 1 heterocycles. The van der Waals surface area contributed by atoms with Gasteiger partial charge in [-0.25, -0.2) is 0 Å². The maximum atomic E-state index is 13.7. The van der Waals surface area contributed by atoms with Crippen LogP contribution < -0.4 is 0 Å². The van der Waals surface area contributed by atoms with Gasteiger partial charge in [-0.3, -0.25) is 14.4 Å². The number of nitrogens with zero attached hydrogens (tertiary/aromatic N) is 2. The Hall–Kier alpha value is -2.67. The second-order valence-corrected chi connectivity index (χ2v) is 11.5. The van der Waals surface area contributed by atoms with E-state index in [9.17, 15) is 14.4 Å². The first-order valence-corrected chi connectivity index (χ1v) is 12.5. The predicted octanol–water partition coefficient (Wildman–Crippen LogP) is 5.57. The molecule has 0 aliphatic heterocycles. The topological polar surface area (TPSA) is 90.1 Å². The number of benzene rings is 1. The molecule has 0 unspecified atom stereocenters. The average Bonchev–Trinajstić information content (AvgIpc) is 3.27. The molecule has 0 bridgehead atoms. The van der Waals surface area contributed by atoms with Crippen molar-refractivity contribution in [3.05, 3.63) is 57.4 Å². The van der Waals surface area contributed by atoms with Crippen LogP contribution in [-0.2, 0) is 19.8 Å². The van der Waals surface area contributed by atoms with E-state index in [0.29, 0.717) is 29.3 Å². The molecular formula is C27H27BrN2O4. The Kier molecular flexibility index (Phi) is 5.39. The quantitative estimate of drug-likeness (QED) is 0.386. The van der Waals surface area contributed by atoms with Gasteiger partial charge in [0.25, 0.3) is 0 Å². The van der Waals surface area contributed by atoms with Crippen LogP contribution in [0.15, 0.2) is 56.0 Å². The first kappa shape index (κ1) is 23.1. The van der Waals surface area contributed by atoms with E-state index in [-0.39, 0.29) is 35.0 Å².